The van der Waals surface area contributed by atoms with Crippen LogP contribution in [-0.2, 0) is 0 Å². The van der Waals surface area contributed by atoms with Crippen LogP contribution < -0.4 is 0 Å². The van der Waals surface area contributed by atoms with Crippen molar-refractivity contribution >= 4 is 0 Å². The Morgan fingerprint density at radius 3 is 2.73 bits per heavy atom. The van der Waals surface area contributed by atoms with E-state index in [2.05, 4.69) is 6.92 Å². The van der Waals surface area contributed by atoms with E-state index < -0.39 is 0 Å². The molecule has 15 heavy (non-hydrogen) atoms. The third-order valence-corrected chi connectivity index (χ3v) is 5.38. The first-order valence-corrected chi connectivity index (χ1v) is 7.00. The fraction of sp³-hybridized carbons (Fsp3) is 0.867. The molecule has 0 aromatic heterocycles. The summed E-state index contributed by atoms with van der Waals surface area (Å²) in [6.45, 7) is 2.58. The molecule has 0 saturated heterocycles. The molecule has 0 N–H and O–H groups in total. The first kappa shape index (κ1) is 9.93. The van der Waals surface area contributed by atoms with Crippen LogP contribution in [0, 0.1) is 11.3 Å². The first-order valence-electron chi connectivity index (χ1n) is 7.00. The van der Waals surface area contributed by atoms with Crippen molar-refractivity contribution in [2.24, 2.45) is 11.3 Å². The number of hydrogen-bond donors (Lipinski definition) is 0. The summed E-state index contributed by atoms with van der Waals surface area (Å²) in [5, 5.41) is 0. The molecule has 2 unspecified atom stereocenters. The SMILES string of the molecule is CC12CCCCC1C1=C(CCCC1)CC2. The highest BCUT2D eigenvalue weighted by Crippen LogP contribution is 2.54. The molecule has 0 spiro atoms. The predicted molar refractivity (Wildman–Crippen MR) is 64.8 cm³/mol. The quantitative estimate of drug-likeness (QED) is 0.495. The van der Waals surface area contributed by atoms with Gasteiger partial charge in [-0.2, -0.15) is 0 Å². The van der Waals surface area contributed by atoms with E-state index in [4.69, 9.17) is 0 Å². The number of fused-ring (bicyclic) bond motifs is 2. The van der Waals surface area contributed by atoms with Crippen LogP contribution in [0.1, 0.15) is 71.1 Å². The normalized spacial score (nSPS) is 41.0. The lowest BCUT2D eigenvalue weighted by Gasteiger charge is -2.48. The summed E-state index contributed by atoms with van der Waals surface area (Å²) >= 11 is 0. The fourth-order valence-corrected chi connectivity index (χ4v) is 4.43. The number of hydrogen-bond acceptors (Lipinski definition) is 0. The Morgan fingerprint density at radius 1 is 0.933 bits per heavy atom. The van der Waals surface area contributed by atoms with Gasteiger partial charge < -0.3 is 0 Å². The summed E-state index contributed by atoms with van der Waals surface area (Å²) in [6, 6.07) is 0. The topological polar surface area (TPSA) is 0 Å². The van der Waals surface area contributed by atoms with Gasteiger partial charge in [0.15, 0.2) is 0 Å². The lowest BCUT2D eigenvalue weighted by Crippen LogP contribution is -2.36. The Balaban J connectivity index is 1.93. The van der Waals surface area contributed by atoms with Gasteiger partial charge in [0.05, 0.1) is 0 Å². The first-order chi connectivity index (χ1) is 7.30. The second-order valence-corrected chi connectivity index (χ2v) is 6.29. The summed E-state index contributed by atoms with van der Waals surface area (Å²) in [7, 11) is 0. The van der Waals surface area contributed by atoms with Crippen molar-refractivity contribution in [2.45, 2.75) is 71.1 Å². The lowest BCUT2D eigenvalue weighted by atomic mass is 9.57. The van der Waals surface area contributed by atoms with E-state index in [1.54, 1.807) is 0 Å². The minimum atomic E-state index is 0.703. The number of allylic oxidation sites excluding steroid dienone is 2. The monoisotopic (exact) mass is 204 g/mol. The van der Waals surface area contributed by atoms with E-state index in [0.29, 0.717) is 5.41 Å². The predicted octanol–water partition coefficient (Wildman–Crippen LogP) is 4.85. The molecular formula is C15H24. The van der Waals surface area contributed by atoms with Crippen molar-refractivity contribution in [2.75, 3.05) is 0 Å². The maximum absolute atomic E-state index is 2.58. The zero-order valence-corrected chi connectivity index (χ0v) is 10.1. The Kier molecular flexibility index (Phi) is 2.41. The molecule has 0 radical (unpaired) electrons. The maximum atomic E-state index is 2.58. The van der Waals surface area contributed by atoms with Crippen LogP contribution in [-0.4, -0.2) is 0 Å². The molecule has 0 bridgehead atoms. The van der Waals surface area contributed by atoms with Crippen molar-refractivity contribution < 1.29 is 0 Å². The zero-order valence-electron chi connectivity index (χ0n) is 10.1. The Labute approximate surface area is 94.1 Å². The molecule has 0 aromatic carbocycles. The summed E-state index contributed by atoms with van der Waals surface area (Å²) in [6.07, 6.45) is 14.8. The van der Waals surface area contributed by atoms with Crippen LogP contribution in [0.2, 0.25) is 0 Å². The molecule has 1 saturated carbocycles. The molecule has 1 fully saturated rings. The highest BCUT2D eigenvalue weighted by molar-refractivity contribution is 5.26. The third kappa shape index (κ3) is 1.57. The molecule has 0 heterocycles. The van der Waals surface area contributed by atoms with Gasteiger partial charge in [-0.25, -0.2) is 0 Å². The molecule has 84 valence electrons. The Hall–Kier alpha value is -0.260. The van der Waals surface area contributed by atoms with Crippen LogP contribution in [0.3, 0.4) is 0 Å². The minimum absolute atomic E-state index is 0.703. The lowest BCUT2D eigenvalue weighted by molar-refractivity contribution is 0.112. The minimum Gasteiger partial charge on any atom is -0.0707 e. The molecule has 0 heteroatoms. The van der Waals surface area contributed by atoms with Crippen molar-refractivity contribution in [3.05, 3.63) is 11.1 Å². The molecule has 0 aromatic rings. The average Bonchev–Trinajstić information content (AvgIpc) is 2.28. The molecule has 0 amide bonds. The summed E-state index contributed by atoms with van der Waals surface area (Å²) in [4.78, 5) is 0. The van der Waals surface area contributed by atoms with Gasteiger partial charge in [0, 0.05) is 0 Å². The van der Waals surface area contributed by atoms with Gasteiger partial charge in [-0.05, 0) is 62.7 Å². The molecular weight excluding hydrogens is 180 g/mol. The van der Waals surface area contributed by atoms with Crippen LogP contribution in [0.15, 0.2) is 11.1 Å². The zero-order chi connectivity index (χ0) is 10.3. The maximum Gasteiger partial charge on any atom is -0.0146 e. The van der Waals surface area contributed by atoms with Crippen LogP contribution in [0.25, 0.3) is 0 Å². The molecule has 3 aliphatic carbocycles. The van der Waals surface area contributed by atoms with Crippen LogP contribution in [0.4, 0.5) is 0 Å². The van der Waals surface area contributed by atoms with Crippen molar-refractivity contribution in [1.82, 2.24) is 0 Å². The van der Waals surface area contributed by atoms with Gasteiger partial charge in [-0.3, -0.25) is 0 Å². The summed E-state index contributed by atoms with van der Waals surface area (Å²) in [5.41, 5.74) is 4.54. The second kappa shape index (κ2) is 3.64. The molecule has 3 aliphatic rings. The van der Waals surface area contributed by atoms with Gasteiger partial charge in [0.2, 0.25) is 0 Å². The van der Waals surface area contributed by atoms with E-state index in [1.807, 2.05) is 11.1 Å². The van der Waals surface area contributed by atoms with Gasteiger partial charge in [-0.1, -0.05) is 30.9 Å². The Bertz CT molecular complexity index is 286. The van der Waals surface area contributed by atoms with Crippen molar-refractivity contribution in [1.29, 1.82) is 0 Å². The highest BCUT2D eigenvalue weighted by atomic mass is 14.5. The van der Waals surface area contributed by atoms with E-state index in [0.717, 1.165) is 5.92 Å². The van der Waals surface area contributed by atoms with E-state index in [-0.39, 0.29) is 0 Å². The van der Waals surface area contributed by atoms with E-state index >= 15 is 0 Å². The van der Waals surface area contributed by atoms with Gasteiger partial charge >= 0.3 is 0 Å². The molecule has 2 atom stereocenters. The van der Waals surface area contributed by atoms with Crippen molar-refractivity contribution in [3.8, 4) is 0 Å². The highest BCUT2D eigenvalue weighted by Gasteiger charge is 2.42. The molecule has 3 rings (SSSR count). The third-order valence-electron chi connectivity index (χ3n) is 5.38. The molecule has 0 nitrogen and oxygen atoms in total. The summed E-state index contributed by atoms with van der Waals surface area (Å²) < 4.78 is 0. The number of rotatable bonds is 0. The van der Waals surface area contributed by atoms with E-state index in [1.165, 1.54) is 64.2 Å². The summed E-state index contributed by atoms with van der Waals surface area (Å²) in [5.74, 6) is 0.996. The smallest absolute Gasteiger partial charge is 0.0146 e. The molecule has 0 aliphatic heterocycles. The average molecular weight is 204 g/mol. The Morgan fingerprint density at radius 2 is 1.80 bits per heavy atom. The standard InChI is InChI=1S/C15H24/c1-15-10-5-4-8-14(15)13-7-3-2-6-12(13)9-11-15/h14H,2-11H2,1H3. The largest absolute Gasteiger partial charge is 0.0707 e. The van der Waals surface area contributed by atoms with Crippen LogP contribution in [0.5, 0.6) is 0 Å². The van der Waals surface area contributed by atoms with Gasteiger partial charge in [-0.15, -0.1) is 0 Å². The van der Waals surface area contributed by atoms with Crippen molar-refractivity contribution in [3.63, 3.8) is 0 Å². The van der Waals surface area contributed by atoms with Gasteiger partial charge in [0.25, 0.3) is 0 Å². The van der Waals surface area contributed by atoms with Gasteiger partial charge in [0.1, 0.15) is 0 Å². The van der Waals surface area contributed by atoms with Crippen LogP contribution >= 0.6 is 0 Å². The van der Waals surface area contributed by atoms with E-state index in [9.17, 15) is 0 Å². The second-order valence-electron chi connectivity index (χ2n) is 6.29. The fourth-order valence-electron chi connectivity index (χ4n) is 4.43.